The van der Waals surface area contributed by atoms with Gasteiger partial charge >= 0.3 is 0 Å². The molecular formula is C11H22N2O2S. The summed E-state index contributed by atoms with van der Waals surface area (Å²) in [5.41, 5.74) is 0.977. The van der Waals surface area contributed by atoms with E-state index in [-0.39, 0.29) is 11.2 Å². The van der Waals surface area contributed by atoms with Gasteiger partial charge in [-0.2, -0.15) is 0 Å². The van der Waals surface area contributed by atoms with Crippen molar-refractivity contribution in [3.63, 3.8) is 0 Å². The van der Waals surface area contributed by atoms with Gasteiger partial charge in [-0.25, -0.2) is 13.1 Å². The molecule has 4 nitrogen and oxygen atoms in total. The largest absolute Gasteiger partial charge is 0.313 e. The predicted molar refractivity (Wildman–Crippen MR) is 66.8 cm³/mol. The summed E-state index contributed by atoms with van der Waals surface area (Å²) >= 11 is 0. The molecule has 16 heavy (non-hydrogen) atoms. The molecule has 0 aromatic heterocycles. The van der Waals surface area contributed by atoms with Crippen LogP contribution in [0.1, 0.15) is 27.2 Å². The fourth-order valence-electron chi connectivity index (χ4n) is 1.65. The van der Waals surface area contributed by atoms with Gasteiger partial charge in [-0.3, -0.25) is 0 Å². The molecule has 5 heteroatoms. The normalized spacial score (nSPS) is 18.3. The van der Waals surface area contributed by atoms with Crippen LogP contribution in [0.15, 0.2) is 11.6 Å². The van der Waals surface area contributed by atoms with Crippen LogP contribution in [-0.4, -0.2) is 33.8 Å². The molecule has 1 aliphatic rings. The molecule has 0 bridgehead atoms. The fraction of sp³-hybridized carbons (Fsp3) is 0.818. The van der Waals surface area contributed by atoms with Crippen molar-refractivity contribution >= 4 is 10.0 Å². The number of hydrogen-bond acceptors (Lipinski definition) is 3. The summed E-state index contributed by atoms with van der Waals surface area (Å²) in [6.07, 6.45) is 2.99. The van der Waals surface area contributed by atoms with Crippen LogP contribution in [0.3, 0.4) is 0 Å². The molecule has 0 saturated carbocycles. The first-order valence-corrected chi connectivity index (χ1v) is 7.30. The van der Waals surface area contributed by atoms with Gasteiger partial charge in [0.05, 0.1) is 5.75 Å². The average molecular weight is 246 g/mol. The van der Waals surface area contributed by atoms with Gasteiger partial charge in [-0.15, -0.1) is 0 Å². The SMILES string of the molecule is CC(C)(C)CS(=O)(=O)NCC1=CCNCC1. The molecule has 2 N–H and O–H groups in total. The lowest BCUT2D eigenvalue weighted by Gasteiger charge is -2.19. The minimum atomic E-state index is -3.15. The van der Waals surface area contributed by atoms with Gasteiger partial charge < -0.3 is 5.32 Å². The van der Waals surface area contributed by atoms with Crippen LogP contribution in [0.5, 0.6) is 0 Å². The molecule has 0 saturated heterocycles. The molecule has 0 aromatic carbocycles. The Morgan fingerprint density at radius 2 is 2.12 bits per heavy atom. The first kappa shape index (κ1) is 13.7. The molecular weight excluding hydrogens is 224 g/mol. The summed E-state index contributed by atoms with van der Waals surface area (Å²) < 4.78 is 26.1. The van der Waals surface area contributed by atoms with E-state index in [0.717, 1.165) is 19.5 Å². The highest BCUT2D eigenvalue weighted by Gasteiger charge is 2.21. The summed E-state index contributed by atoms with van der Waals surface area (Å²) in [5, 5.41) is 3.20. The zero-order valence-electron chi connectivity index (χ0n) is 10.3. The maximum atomic E-state index is 11.7. The predicted octanol–water partition coefficient (Wildman–Crippen LogP) is 0.872. The van der Waals surface area contributed by atoms with Crippen LogP contribution < -0.4 is 10.0 Å². The molecule has 94 valence electrons. The Kier molecular flexibility index (Phi) is 4.52. The first-order chi connectivity index (χ1) is 7.29. The van der Waals surface area contributed by atoms with Crippen molar-refractivity contribution < 1.29 is 8.42 Å². The second-order valence-corrected chi connectivity index (χ2v) is 7.26. The Hall–Kier alpha value is -0.390. The Bertz CT molecular complexity index is 353. The van der Waals surface area contributed by atoms with Gasteiger partial charge in [0.2, 0.25) is 10.0 Å². The van der Waals surface area contributed by atoms with Crippen molar-refractivity contribution in [3.05, 3.63) is 11.6 Å². The molecule has 0 unspecified atom stereocenters. The quantitative estimate of drug-likeness (QED) is 0.724. The third-order valence-electron chi connectivity index (χ3n) is 2.30. The topological polar surface area (TPSA) is 58.2 Å². The molecule has 0 spiro atoms. The Morgan fingerprint density at radius 3 is 2.62 bits per heavy atom. The van der Waals surface area contributed by atoms with Gasteiger partial charge in [-0.1, -0.05) is 32.4 Å². The lowest BCUT2D eigenvalue weighted by atomic mass is 10.0. The Balaban J connectivity index is 2.45. The van der Waals surface area contributed by atoms with Crippen molar-refractivity contribution in [2.24, 2.45) is 5.41 Å². The maximum absolute atomic E-state index is 11.7. The molecule has 1 aliphatic heterocycles. The third kappa shape index (κ3) is 5.63. The van der Waals surface area contributed by atoms with Crippen LogP contribution in [0.2, 0.25) is 0 Å². The molecule has 0 amide bonds. The van der Waals surface area contributed by atoms with E-state index in [1.807, 2.05) is 20.8 Å². The molecule has 0 atom stereocenters. The second-order valence-electron chi connectivity index (χ2n) is 5.46. The van der Waals surface area contributed by atoms with E-state index < -0.39 is 10.0 Å². The molecule has 1 heterocycles. The third-order valence-corrected chi connectivity index (χ3v) is 4.13. The van der Waals surface area contributed by atoms with Crippen LogP contribution >= 0.6 is 0 Å². The van der Waals surface area contributed by atoms with Gasteiger partial charge in [0.15, 0.2) is 0 Å². The number of hydrogen-bond donors (Lipinski definition) is 2. The molecule has 0 aliphatic carbocycles. The van der Waals surface area contributed by atoms with Crippen LogP contribution in [0.25, 0.3) is 0 Å². The fourth-order valence-corrected chi connectivity index (χ4v) is 3.30. The lowest BCUT2D eigenvalue weighted by molar-refractivity contribution is 0.458. The van der Waals surface area contributed by atoms with Crippen molar-refractivity contribution in [2.45, 2.75) is 27.2 Å². The number of nitrogens with one attached hydrogen (secondary N) is 2. The van der Waals surface area contributed by atoms with E-state index in [4.69, 9.17) is 0 Å². The van der Waals surface area contributed by atoms with E-state index in [1.54, 1.807) is 0 Å². The number of rotatable bonds is 4. The van der Waals surface area contributed by atoms with E-state index in [0.29, 0.717) is 6.54 Å². The summed E-state index contributed by atoms with van der Waals surface area (Å²) in [7, 11) is -3.15. The van der Waals surface area contributed by atoms with Crippen molar-refractivity contribution in [1.29, 1.82) is 0 Å². The average Bonchev–Trinajstić information content (AvgIpc) is 2.13. The first-order valence-electron chi connectivity index (χ1n) is 5.64. The van der Waals surface area contributed by atoms with Crippen LogP contribution in [0, 0.1) is 5.41 Å². The van der Waals surface area contributed by atoms with Gasteiger partial charge in [-0.05, 0) is 18.4 Å². The van der Waals surface area contributed by atoms with E-state index in [9.17, 15) is 8.42 Å². The second kappa shape index (κ2) is 5.29. The van der Waals surface area contributed by atoms with Crippen molar-refractivity contribution in [2.75, 3.05) is 25.4 Å². The minimum absolute atomic E-state index is 0.172. The summed E-state index contributed by atoms with van der Waals surface area (Å²) in [6.45, 7) is 8.02. The van der Waals surface area contributed by atoms with Crippen molar-refractivity contribution in [1.82, 2.24) is 10.0 Å². The maximum Gasteiger partial charge on any atom is 0.212 e. The zero-order chi connectivity index (χ0) is 12.2. The molecule has 0 aromatic rings. The molecule has 1 rings (SSSR count). The van der Waals surface area contributed by atoms with Gasteiger partial charge in [0.1, 0.15) is 0 Å². The smallest absolute Gasteiger partial charge is 0.212 e. The highest BCUT2D eigenvalue weighted by atomic mass is 32.2. The van der Waals surface area contributed by atoms with Gasteiger partial charge in [0.25, 0.3) is 0 Å². The van der Waals surface area contributed by atoms with Crippen LogP contribution in [-0.2, 0) is 10.0 Å². The molecule has 0 fully saturated rings. The summed E-state index contributed by atoms with van der Waals surface area (Å²) in [5.74, 6) is 0.172. The Labute approximate surface area is 98.6 Å². The Morgan fingerprint density at radius 1 is 1.44 bits per heavy atom. The summed E-state index contributed by atoms with van der Waals surface area (Å²) in [6, 6.07) is 0. The zero-order valence-corrected chi connectivity index (χ0v) is 11.2. The molecule has 0 radical (unpaired) electrons. The van der Waals surface area contributed by atoms with E-state index >= 15 is 0 Å². The highest BCUT2D eigenvalue weighted by Crippen LogP contribution is 2.15. The highest BCUT2D eigenvalue weighted by molar-refractivity contribution is 7.89. The number of sulfonamides is 1. The summed E-state index contributed by atoms with van der Waals surface area (Å²) in [4.78, 5) is 0. The monoisotopic (exact) mass is 246 g/mol. The van der Waals surface area contributed by atoms with Crippen LogP contribution in [0.4, 0.5) is 0 Å². The standard InChI is InChI=1S/C11H22N2O2S/c1-11(2,3)9-16(14,15)13-8-10-4-6-12-7-5-10/h4,12-13H,5-9H2,1-3H3. The minimum Gasteiger partial charge on any atom is -0.313 e. The van der Waals surface area contributed by atoms with Crippen molar-refractivity contribution in [3.8, 4) is 0 Å². The van der Waals surface area contributed by atoms with E-state index in [2.05, 4.69) is 16.1 Å². The lowest BCUT2D eigenvalue weighted by Crippen LogP contribution is -2.34. The van der Waals surface area contributed by atoms with Gasteiger partial charge in [0, 0.05) is 13.1 Å². The van der Waals surface area contributed by atoms with E-state index in [1.165, 1.54) is 5.57 Å².